The number of pyridine rings is 1. The average molecular weight is 236 g/mol. The Morgan fingerprint density at radius 1 is 1.24 bits per heavy atom. The predicted octanol–water partition coefficient (Wildman–Crippen LogP) is 2.11. The van der Waals surface area contributed by atoms with Crippen LogP contribution in [0.15, 0.2) is 24.4 Å². The molecule has 0 spiro atoms. The van der Waals surface area contributed by atoms with Gasteiger partial charge in [-0.15, -0.1) is 0 Å². The monoisotopic (exact) mass is 236 g/mol. The van der Waals surface area contributed by atoms with Gasteiger partial charge in [0.25, 0.3) is 0 Å². The Morgan fingerprint density at radius 3 is 2.53 bits per heavy atom. The molecule has 3 nitrogen and oxygen atoms in total. The molecule has 1 heterocycles. The van der Waals surface area contributed by atoms with Gasteiger partial charge in [-0.05, 0) is 25.0 Å². The maximum absolute atomic E-state index is 9.12. The highest BCUT2D eigenvalue weighted by Crippen LogP contribution is 2.09. The molecular weight excluding hydrogens is 212 g/mol. The summed E-state index contributed by atoms with van der Waals surface area (Å²) in [6.07, 6.45) is 5.07. The molecular formula is C14H24N2O. The predicted molar refractivity (Wildman–Crippen MR) is 71.0 cm³/mol. The molecule has 0 radical (unpaired) electrons. The second-order valence-corrected chi connectivity index (χ2v) is 4.30. The highest BCUT2D eigenvalue weighted by molar-refractivity contribution is 5.03. The SMILES string of the molecule is CCC(CC)N(CCO)CCc1ccccn1. The molecule has 0 aromatic carbocycles. The van der Waals surface area contributed by atoms with Gasteiger partial charge in [0.2, 0.25) is 0 Å². The summed E-state index contributed by atoms with van der Waals surface area (Å²) in [4.78, 5) is 6.70. The van der Waals surface area contributed by atoms with Crippen LogP contribution in [0.2, 0.25) is 0 Å². The van der Waals surface area contributed by atoms with Crippen molar-refractivity contribution in [3.63, 3.8) is 0 Å². The van der Waals surface area contributed by atoms with Crippen molar-refractivity contribution in [1.82, 2.24) is 9.88 Å². The molecule has 1 N–H and O–H groups in total. The number of aromatic nitrogens is 1. The molecule has 0 fully saturated rings. The molecule has 0 saturated carbocycles. The highest BCUT2D eigenvalue weighted by atomic mass is 16.3. The van der Waals surface area contributed by atoms with Crippen LogP contribution in [0.1, 0.15) is 32.4 Å². The van der Waals surface area contributed by atoms with Gasteiger partial charge in [-0.2, -0.15) is 0 Å². The van der Waals surface area contributed by atoms with Crippen molar-refractivity contribution in [2.45, 2.75) is 39.2 Å². The van der Waals surface area contributed by atoms with Gasteiger partial charge in [0, 0.05) is 37.4 Å². The zero-order valence-electron chi connectivity index (χ0n) is 11.0. The van der Waals surface area contributed by atoms with E-state index in [1.165, 1.54) is 0 Å². The van der Waals surface area contributed by atoms with E-state index in [0.717, 1.165) is 38.0 Å². The van der Waals surface area contributed by atoms with Crippen LogP contribution in [-0.2, 0) is 6.42 Å². The first kappa shape index (κ1) is 14.1. The van der Waals surface area contributed by atoms with Crippen LogP contribution < -0.4 is 0 Å². The number of hydrogen-bond donors (Lipinski definition) is 1. The third-order valence-corrected chi connectivity index (χ3v) is 3.23. The Labute approximate surface area is 104 Å². The molecule has 1 rings (SSSR count). The smallest absolute Gasteiger partial charge is 0.0558 e. The Balaban J connectivity index is 2.49. The first-order valence-corrected chi connectivity index (χ1v) is 6.56. The molecule has 0 unspecified atom stereocenters. The molecule has 0 aliphatic rings. The fourth-order valence-electron chi connectivity index (χ4n) is 2.21. The Hall–Kier alpha value is -0.930. The Bertz CT molecular complexity index is 286. The number of aliphatic hydroxyl groups is 1. The molecule has 96 valence electrons. The van der Waals surface area contributed by atoms with E-state index in [2.05, 4.69) is 29.8 Å². The van der Waals surface area contributed by atoms with Crippen molar-refractivity contribution in [2.24, 2.45) is 0 Å². The number of aliphatic hydroxyl groups excluding tert-OH is 1. The summed E-state index contributed by atoms with van der Waals surface area (Å²) in [5, 5.41) is 9.12. The van der Waals surface area contributed by atoms with E-state index in [1.807, 2.05) is 18.3 Å². The zero-order chi connectivity index (χ0) is 12.5. The molecule has 0 amide bonds. The number of nitrogens with zero attached hydrogens (tertiary/aromatic N) is 2. The van der Waals surface area contributed by atoms with E-state index in [-0.39, 0.29) is 6.61 Å². The van der Waals surface area contributed by atoms with Crippen LogP contribution >= 0.6 is 0 Å². The summed E-state index contributed by atoms with van der Waals surface area (Å²) >= 11 is 0. The van der Waals surface area contributed by atoms with Crippen molar-refractivity contribution in [1.29, 1.82) is 0 Å². The van der Waals surface area contributed by atoms with E-state index in [0.29, 0.717) is 6.04 Å². The number of rotatable bonds is 8. The van der Waals surface area contributed by atoms with Gasteiger partial charge in [-0.1, -0.05) is 19.9 Å². The van der Waals surface area contributed by atoms with Crippen LogP contribution in [0, 0.1) is 0 Å². The third kappa shape index (κ3) is 4.84. The summed E-state index contributed by atoms with van der Waals surface area (Å²) in [6.45, 7) is 6.39. The first-order chi connectivity index (χ1) is 8.31. The maximum atomic E-state index is 9.12. The van der Waals surface area contributed by atoms with Gasteiger partial charge in [0.1, 0.15) is 0 Å². The average Bonchev–Trinajstić information content (AvgIpc) is 2.38. The van der Waals surface area contributed by atoms with Gasteiger partial charge in [-0.25, -0.2) is 0 Å². The molecule has 0 aliphatic heterocycles. The molecule has 1 aromatic heterocycles. The van der Waals surface area contributed by atoms with E-state index in [1.54, 1.807) is 0 Å². The Kier molecular flexibility index (Phi) is 6.82. The van der Waals surface area contributed by atoms with Gasteiger partial charge in [-0.3, -0.25) is 9.88 Å². The summed E-state index contributed by atoms with van der Waals surface area (Å²) in [5.74, 6) is 0. The van der Waals surface area contributed by atoms with Crippen LogP contribution in [0.4, 0.5) is 0 Å². The van der Waals surface area contributed by atoms with Gasteiger partial charge >= 0.3 is 0 Å². The fourth-order valence-corrected chi connectivity index (χ4v) is 2.21. The lowest BCUT2D eigenvalue weighted by Gasteiger charge is -2.29. The van der Waals surface area contributed by atoms with Crippen LogP contribution in [-0.4, -0.2) is 40.7 Å². The van der Waals surface area contributed by atoms with Crippen molar-refractivity contribution in [3.05, 3.63) is 30.1 Å². The molecule has 17 heavy (non-hydrogen) atoms. The summed E-state index contributed by atoms with van der Waals surface area (Å²) in [6, 6.07) is 6.60. The lowest BCUT2D eigenvalue weighted by Crippen LogP contribution is -2.38. The van der Waals surface area contributed by atoms with Gasteiger partial charge in [0.05, 0.1) is 6.61 Å². The topological polar surface area (TPSA) is 36.4 Å². The third-order valence-electron chi connectivity index (χ3n) is 3.23. The molecule has 3 heteroatoms. The molecule has 0 bridgehead atoms. The standard InChI is InChI=1S/C14H24N2O/c1-3-14(4-2)16(11-12-17)10-8-13-7-5-6-9-15-13/h5-7,9,14,17H,3-4,8,10-12H2,1-2H3. The van der Waals surface area contributed by atoms with Crippen molar-refractivity contribution in [2.75, 3.05) is 19.7 Å². The zero-order valence-corrected chi connectivity index (χ0v) is 11.0. The minimum absolute atomic E-state index is 0.235. The van der Waals surface area contributed by atoms with Gasteiger partial charge < -0.3 is 5.11 Å². The van der Waals surface area contributed by atoms with E-state index in [9.17, 15) is 0 Å². The Morgan fingerprint density at radius 2 is 2.00 bits per heavy atom. The summed E-state index contributed by atoms with van der Waals surface area (Å²) in [7, 11) is 0. The largest absolute Gasteiger partial charge is 0.395 e. The van der Waals surface area contributed by atoms with Crippen LogP contribution in [0.5, 0.6) is 0 Å². The minimum atomic E-state index is 0.235. The summed E-state index contributed by atoms with van der Waals surface area (Å²) < 4.78 is 0. The van der Waals surface area contributed by atoms with Crippen LogP contribution in [0.3, 0.4) is 0 Å². The second-order valence-electron chi connectivity index (χ2n) is 4.30. The van der Waals surface area contributed by atoms with Crippen molar-refractivity contribution < 1.29 is 5.11 Å². The van der Waals surface area contributed by atoms with E-state index in [4.69, 9.17) is 5.11 Å². The minimum Gasteiger partial charge on any atom is -0.395 e. The molecule has 0 saturated heterocycles. The molecule has 0 aliphatic carbocycles. The lowest BCUT2D eigenvalue weighted by atomic mass is 10.1. The van der Waals surface area contributed by atoms with Crippen LogP contribution in [0.25, 0.3) is 0 Å². The second kappa shape index (κ2) is 8.20. The van der Waals surface area contributed by atoms with E-state index < -0.39 is 0 Å². The normalized spacial score (nSPS) is 11.4. The maximum Gasteiger partial charge on any atom is 0.0558 e. The number of hydrogen-bond acceptors (Lipinski definition) is 3. The summed E-state index contributed by atoms with van der Waals surface area (Å²) in [5.41, 5.74) is 1.13. The highest BCUT2D eigenvalue weighted by Gasteiger charge is 2.14. The molecule has 1 aromatic rings. The van der Waals surface area contributed by atoms with Crippen molar-refractivity contribution in [3.8, 4) is 0 Å². The quantitative estimate of drug-likeness (QED) is 0.751. The van der Waals surface area contributed by atoms with Crippen molar-refractivity contribution >= 4 is 0 Å². The van der Waals surface area contributed by atoms with Gasteiger partial charge in [0.15, 0.2) is 0 Å². The van der Waals surface area contributed by atoms with E-state index >= 15 is 0 Å². The fraction of sp³-hybridized carbons (Fsp3) is 0.643. The first-order valence-electron chi connectivity index (χ1n) is 6.56. The lowest BCUT2D eigenvalue weighted by molar-refractivity contribution is 0.144. The molecule has 0 atom stereocenters.